The maximum Gasteiger partial charge on any atom is 0.0987 e. The Morgan fingerprint density at radius 3 is 2.70 bits per heavy atom. The number of benzene rings is 1. The van der Waals surface area contributed by atoms with E-state index >= 15 is 0 Å². The predicted molar refractivity (Wildman–Crippen MR) is 85.6 cm³/mol. The molecule has 3 nitrogen and oxygen atoms in total. The van der Waals surface area contributed by atoms with E-state index in [2.05, 4.69) is 42.5 Å². The van der Waals surface area contributed by atoms with Gasteiger partial charge in [-0.2, -0.15) is 5.10 Å². The van der Waals surface area contributed by atoms with E-state index in [0.29, 0.717) is 6.04 Å². The van der Waals surface area contributed by atoms with Gasteiger partial charge in [0.15, 0.2) is 0 Å². The van der Waals surface area contributed by atoms with Crippen LogP contribution in [0.15, 0.2) is 34.2 Å². The molecule has 1 atom stereocenters. The molecule has 1 heterocycles. The third-order valence-electron chi connectivity index (χ3n) is 3.14. The van der Waals surface area contributed by atoms with Gasteiger partial charge in [0, 0.05) is 18.0 Å². The molecule has 1 unspecified atom stereocenters. The average molecular weight is 310 g/mol. The maximum absolute atomic E-state index is 6.40. The van der Waals surface area contributed by atoms with Gasteiger partial charge in [-0.3, -0.25) is 4.68 Å². The molecule has 2 aromatic rings. The van der Waals surface area contributed by atoms with Crippen molar-refractivity contribution >= 4 is 23.4 Å². The zero-order valence-corrected chi connectivity index (χ0v) is 13.8. The second-order valence-corrected chi connectivity index (χ2v) is 6.29. The average Bonchev–Trinajstić information content (AvgIpc) is 2.70. The molecule has 1 aromatic carbocycles. The Morgan fingerprint density at radius 2 is 2.15 bits per heavy atom. The van der Waals surface area contributed by atoms with Gasteiger partial charge in [-0.15, -0.1) is 0 Å². The second kappa shape index (κ2) is 6.66. The van der Waals surface area contributed by atoms with Crippen molar-refractivity contribution in [3.8, 4) is 0 Å². The summed E-state index contributed by atoms with van der Waals surface area (Å²) in [6.45, 7) is 7.19. The van der Waals surface area contributed by atoms with Crippen molar-refractivity contribution in [3.05, 3.63) is 40.5 Å². The van der Waals surface area contributed by atoms with E-state index in [1.165, 1.54) is 5.56 Å². The summed E-state index contributed by atoms with van der Waals surface area (Å²) in [6.07, 6.45) is 0. The normalized spacial score (nSPS) is 12.7. The van der Waals surface area contributed by atoms with Gasteiger partial charge in [0.2, 0.25) is 0 Å². The van der Waals surface area contributed by atoms with Gasteiger partial charge in [0.25, 0.3) is 0 Å². The van der Waals surface area contributed by atoms with Crippen molar-refractivity contribution in [2.24, 2.45) is 7.05 Å². The standard InChI is InChI=1S/C15H20ClN3S/c1-5-17-11(3)12-6-7-14(13(16)9-12)20-15-8-10(2)18-19(15)4/h6-9,11,17H,5H2,1-4H3. The molecule has 0 saturated heterocycles. The molecule has 0 fully saturated rings. The third kappa shape index (κ3) is 3.57. The van der Waals surface area contributed by atoms with Crippen molar-refractivity contribution in [1.29, 1.82) is 0 Å². The van der Waals surface area contributed by atoms with Crippen LogP contribution in [0.2, 0.25) is 5.02 Å². The van der Waals surface area contributed by atoms with Crippen molar-refractivity contribution in [2.75, 3.05) is 6.54 Å². The summed E-state index contributed by atoms with van der Waals surface area (Å²) >= 11 is 8.05. The molecule has 1 N–H and O–H groups in total. The number of aryl methyl sites for hydroxylation is 2. The van der Waals surface area contributed by atoms with Gasteiger partial charge < -0.3 is 5.32 Å². The number of nitrogens with zero attached hydrogens (tertiary/aromatic N) is 2. The van der Waals surface area contributed by atoms with Crippen LogP contribution in [-0.2, 0) is 7.05 Å². The summed E-state index contributed by atoms with van der Waals surface area (Å²) in [4.78, 5) is 1.06. The monoisotopic (exact) mass is 309 g/mol. The van der Waals surface area contributed by atoms with Crippen molar-refractivity contribution < 1.29 is 0 Å². The van der Waals surface area contributed by atoms with E-state index in [1.54, 1.807) is 11.8 Å². The topological polar surface area (TPSA) is 29.9 Å². The Hall–Kier alpha value is -0.970. The predicted octanol–water partition coefficient (Wildman–Crippen LogP) is 4.20. The largest absolute Gasteiger partial charge is 0.310 e. The lowest BCUT2D eigenvalue weighted by atomic mass is 10.1. The molecular weight excluding hydrogens is 290 g/mol. The number of aromatic nitrogens is 2. The summed E-state index contributed by atoms with van der Waals surface area (Å²) in [7, 11) is 1.95. The fourth-order valence-electron chi connectivity index (χ4n) is 2.09. The molecule has 0 aliphatic carbocycles. The SMILES string of the molecule is CCNC(C)c1ccc(Sc2cc(C)nn2C)c(Cl)c1. The van der Waals surface area contributed by atoms with Gasteiger partial charge in [-0.05, 0) is 44.2 Å². The molecular formula is C15H20ClN3S. The first kappa shape index (κ1) is 15.4. The summed E-state index contributed by atoms with van der Waals surface area (Å²) in [6, 6.07) is 8.63. The Bertz CT molecular complexity index is 595. The van der Waals surface area contributed by atoms with Gasteiger partial charge in [0.05, 0.1) is 15.7 Å². The van der Waals surface area contributed by atoms with Crippen LogP contribution in [0, 0.1) is 6.92 Å². The first-order valence-electron chi connectivity index (χ1n) is 6.72. The van der Waals surface area contributed by atoms with Crippen LogP contribution in [0.3, 0.4) is 0 Å². The number of nitrogens with one attached hydrogen (secondary N) is 1. The van der Waals surface area contributed by atoms with Crippen molar-refractivity contribution in [3.63, 3.8) is 0 Å². The van der Waals surface area contributed by atoms with Gasteiger partial charge in [-0.25, -0.2) is 0 Å². The number of hydrogen-bond donors (Lipinski definition) is 1. The van der Waals surface area contributed by atoms with Crippen molar-refractivity contribution in [2.45, 2.75) is 36.7 Å². The number of rotatable bonds is 5. The fourth-order valence-corrected chi connectivity index (χ4v) is 3.31. The van der Waals surface area contributed by atoms with Gasteiger partial charge in [-0.1, -0.05) is 36.4 Å². The lowest BCUT2D eigenvalue weighted by molar-refractivity contribution is 0.598. The molecule has 0 bridgehead atoms. The minimum atomic E-state index is 0.315. The molecule has 0 amide bonds. The third-order valence-corrected chi connectivity index (χ3v) is 4.73. The lowest BCUT2D eigenvalue weighted by Crippen LogP contribution is -2.17. The summed E-state index contributed by atoms with van der Waals surface area (Å²) in [5.74, 6) is 0. The zero-order valence-electron chi connectivity index (χ0n) is 12.3. The highest BCUT2D eigenvalue weighted by Gasteiger charge is 2.10. The molecule has 2 rings (SSSR count). The summed E-state index contributed by atoms with van der Waals surface area (Å²) < 4.78 is 1.88. The quantitative estimate of drug-likeness (QED) is 0.897. The number of halogens is 1. The molecule has 1 aromatic heterocycles. The molecule has 108 valence electrons. The van der Waals surface area contributed by atoms with Gasteiger partial charge in [0.1, 0.15) is 0 Å². The minimum Gasteiger partial charge on any atom is -0.310 e. The number of hydrogen-bond acceptors (Lipinski definition) is 3. The van der Waals surface area contributed by atoms with E-state index in [9.17, 15) is 0 Å². The first-order valence-corrected chi connectivity index (χ1v) is 7.92. The van der Waals surface area contributed by atoms with Crippen LogP contribution in [0.25, 0.3) is 0 Å². The molecule has 0 saturated carbocycles. The molecule has 20 heavy (non-hydrogen) atoms. The van der Waals surface area contributed by atoms with Crippen LogP contribution in [0.4, 0.5) is 0 Å². The highest BCUT2D eigenvalue weighted by atomic mass is 35.5. The van der Waals surface area contributed by atoms with E-state index < -0.39 is 0 Å². The molecule has 0 aliphatic heterocycles. The van der Waals surface area contributed by atoms with Crippen LogP contribution in [0.1, 0.15) is 31.1 Å². The van der Waals surface area contributed by atoms with E-state index in [4.69, 9.17) is 11.6 Å². The summed E-state index contributed by atoms with van der Waals surface area (Å²) in [5.41, 5.74) is 2.23. The zero-order chi connectivity index (χ0) is 14.7. The highest BCUT2D eigenvalue weighted by Crippen LogP contribution is 2.34. The molecule has 5 heteroatoms. The van der Waals surface area contributed by atoms with Gasteiger partial charge >= 0.3 is 0 Å². The second-order valence-electron chi connectivity index (χ2n) is 4.82. The van der Waals surface area contributed by atoms with Crippen LogP contribution >= 0.6 is 23.4 Å². The smallest absolute Gasteiger partial charge is 0.0987 e. The Kier molecular flexibility index (Phi) is 5.13. The lowest BCUT2D eigenvalue weighted by Gasteiger charge is -2.14. The van der Waals surface area contributed by atoms with Crippen LogP contribution in [-0.4, -0.2) is 16.3 Å². The fraction of sp³-hybridized carbons (Fsp3) is 0.400. The van der Waals surface area contributed by atoms with E-state index in [1.807, 2.05) is 24.7 Å². The first-order chi connectivity index (χ1) is 9.51. The Balaban J connectivity index is 2.19. The molecule has 0 aliphatic rings. The van der Waals surface area contributed by atoms with Crippen molar-refractivity contribution in [1.82, 2.24) is 15.1 Å². The Labute approximate surface area is 129 Å². The minimum absolute atomic E-state index is 0.315. The molecule has 0 radical (unpaired) electrons. The Morgan fingerprint density at radius 1 is 1.40 bits per heavy atom. The van der Waals surface area contributed by atoms with E-state index in [-0.39, 0.29) is 0 Å². The highest BCUT2D eigenvalue weighted by molar-refractivity contribution is 7.99. The molecule has 0 spiro atoms. The summed E-state index contributed by atoms with van der Waals surface area (Å²) in [5, 5.41) is 9.62. The maximum atomic E-state index is 6.40. The van der Waals surface area contributed by atoms with Crippen LogP contribution in [0.5, 0.6) is 0 Å². The van der Waals surface area contributed by atoms with Crippen LogP contribution < -0.4 is 5.32 Å². The van der Waals surface area contributed by atoms with E-state index in [0.717, 1.165) is 27.2 Å².